The second-order valence-electron chi connectivity index (χ2n) is 5.04. The molecule has 4 heteroatoms. The van der Waals surface area contributed by atoms with Crippen molar-refractivity contribution in [2.45, 2.75) is 44.6 Å². The van der Waals surface area contributed by atoms with Crippen LogP contribution in [0.25, 0.3) is 0 Å². The Balaban J connectivity index is 1.96. The number of carboxylic acid groups (broad SMARTS) is 1. The SMILES string of the molecule is O=C(O)c1ccc(C(=O)NC2CCCCCC2)cc1. The van der Waals surface area contributed by atoms with Crippen LogP contribution in [0.15, 0.2) is 24.3 Å². The minimum absolute atomic E-state index is 0.108. The third-order valence-electron chi connectivity index (χ3n) is 3.58. The van der Waals surface area contributed by atoms with Gasteiger partial charge in [-0.3, -0.25) is 4.79 Å². The second kappa shape index (κ2) is 6.36. The Morgan fingerprint density at radius 2 is 1.47 bits per heavy atom. The minimum Gasteiger partial charge on any atom is -0.478 e. The van der Waals surface area contributed by atoms with E-state index in [1.807, 2.05) is 0 Å². The Bertz CT molecular complexity index is 445. The minimum atomic E-state index is -0.976. The van der Waals surface area contributed by atoms with Gasteiger partial charge in [0.1, 0.15) is 0 Å². The van der Waals surface area contributed by atoms with E-state index in [1.165, 1.54) is 37.8 Å². The molecule has 4 nitrogen and oxygen atoms in total. The summed E-state index contributed by atoms with van der Waals surface area (Å²) >= 11 is 0. The molecule has 1 saturated carbocycles. The first-order valence-corrected chi connectivity index (χ1v) is 6.81. The normalized spacial score (nSPS) is 16.6. The maximum Gasteiger partial charge on any atom is 0.335 e. The van der Waals surface area contributed by atoms with Gasteiger partial charge in [-0.15, -0.1) is 0 Å². The summed E-state index contributed by atoms with van der Waals surface area (Å²) in [7, 11) is 0. The van der Waals surface area contributed by atoms with Crippen molar-refractivity contribution in [1.29, 1.82) is 0 Å². The number of aromatic carboxylic acids is 1. The zero-order valence-corrected chi connectivity index (χ0v) is 10.9. The molecule has 0 bridgehead atoms. The van der Waals surface area contributed by atoms with Crippen molar-refractivity contribution >= 4 is 11.9 Å². The lowest BCUT2D eigenvalue weighted by Gasteiger charge is -2.16. The molecule has 19 heavy (non-hydrogen) atoms. The number of amides is 1. The first kappa shape index (κ1) is 13.6. The molecule has 1 aliphatic rings. The second-order valence-corrected chi connectivity index (χ2v) is 5.04. The van der Waals surface area contributed by atoms with Gasteiger partial charge in [0.2, 0.25) is 0 Å². The van der Waals surface area contributed by atoms with Gasteiger partial charge in [0.15, 0.2) is 0 Å². The summed E-state index contributed by atoms with van der Waals surface area (Å²) < 4.78 is 0. The molecule has 1 aromatic rings. The van der Waals surface area contributed by atoms with Crippen LogP contribution in [0.2, 0.25) is 0 Å². The van der Waals surface area contributed by atoms with Crippen LogP contribution in [0, 0.1) is 0 Å². The summed E-state index contributed by atoms with van der Waals surface area (Å²) in [5, 5.41) is 11.8. The number of benzene rings is 1. The van der Waals surface area contributed by atoms with Crippen molar-refractivity contribution in [3.63, 3.8) is 0 Å². The van der Waals surface area contributed by atoms with Crippen molar-refractivity contribution in [1.82, 2.24) is 5.32 Å². The highest BCUT2D eigenvalue weighted by Gasteiger charge is 2.15. The summed E-state index contributed by atoms with van der Waals surface area (Å²) in [6.45, 7) is 0. The Hall–Kier alpha value is -1.84. The number of hydrogen-bond acceptors (Lipinski definition) is 2. The Labute approximate surface area is 112 Å². The van der Waals surface area contributed by atoms with Gasteiger partial charge in [-0.05, 0) is 37.1 Å². The van der Waals surface area contributed by atoms with E-state index in [-0.39, 0.29) is 17.5 Å². The fourth-order valence-electron chi connectivity index (χ4n) is 2.46. The van der Waals surface area contributed by atoms with Gasteiger partial charge in [0, 0.05) is 11.6 Å². The zero-order valence-electron chi connectivity index (χ0n) is 10.9. The van der Waals surface area contributed by atoms with Crippen molar-refractivity contribution in [2.75, 3.05) is 0 Å². The summed E-state index contributed by atoms with van der Waals surface area (Å²) in [6, 6.07) is 6.31. The maximum absolute atomic E-state index is 12.0. The fourth-order valence-corrected chi connectivity index (χ4v) is 2.46. The molecule has 0 heterocycles. The summed E-state index contributed by atoms with van der Waals surface area (Å²) in [6.07, 6.45) is 6.92. The van der Waals surface area contributed by atoms with Gasteiger partial charge < -0.3 is 10.4 Å². The van der Waals surface area contributed by atoms with Gasteiger partial charge in [-0.25, -0.2) is 4.79 Å². The van der Waals surface area contributed by atoms with Gasteiger partial charge in [0.25, 0.3) is 5.91 Å². The Morgan fingerprint density at radius 3 is 2.00 bits per heavy atom. The Kier molecular flexibility index (Phi) is 4.55. The zero-order chi connectivity index (χ0) is 13.7. The van der Waals surface area contributed by atoms with Gasteiger partial charge in [-0.1, -0.05) is 25.7 Å². The lowest BCUT2D eigenvalue weighted by Crippen LogP contribution is -2.34. The van der Waals surface area contributed by atoms with Gasteiger partial charge >= 0.3 is 5.97 Å². The standard InChI is InChI=1S/C15H19NO3/c17-14(16-13-5-3-1-2-4-6-13)11-7-9-12(10-8-11)15(18)19/h7-10,13H,1-6H2,(H,16,17)(H,18,19). The number of carbonyl (C=O) groups is 2. The van der Waals surface area contributed by atoms with E-state index < -0.39 is 5.97 Å². The molecule has 2 rings (SSSR count). The highest BCUT2D eigenvalue weighted by Crippen LogP contribution is 2.17. The van der Waals surface area contributed by atoms with E-state index >= 15 is 0 Å². The van der Waals surface area contributed by atoms with Crippen LogP contribution in [-0.4, -0.2) is 23.0 Å². The molecule has 1 fully saturated rings. The fraction of sp³-hybridized carbons (Fsp3) is 0.467. The predicted octanol–water partition coefficient (Wildman–Crippen LogP) is 2.84. The van der Waals surface area contributed by atoms with Crippen LogP contribution >= 0.6 is 0 Å². The summed E-state index contributed by atoms with van der Waals surface area (Å²) in [5.41, 5.74) is 0.722. The van der Waals surface area contributed by atoms with Gasteiger partial charge in [0.05, 0.1) is 5.56 Å². The van der Waals surface area contributed by atoms with E-state index in [1.54, 1.807) is 12.1 Å². The molecule has 1 aliphatic carbocycles. The maximum atomic E-state index is 12.0. The highest BCUT2D eigenvalue weighted by atomic mass is 16.4. The van der Waals surface area contributed by atoms with Crippen LogP contribution in [-0.2, 0) is 0 Å². The lowest BCUT2D eigenvalue weighted by atomic mass is 10.1. The number of rotatable bonds is 3. The molecule has 0 saturated heterocycles. The number of hydrogen-bond donors (Lipinski definition) is 2. The molecular weight excluding hydrogens is 242 g/mol. The topological polar surface area (TPSA) is 66.4 Å². The van der Waals surface area contributed by atoms with Gasteiger partial charge in [-0.2, -0.15) is 0 Å². The van der Waals surface area contributed by atoms with Crippen molar-refractivity contribution in [2.24, 2.45) is 0 Å². The van der Waals surface area contributed by atoms with Crippen LogP contribution in [0.3, 0.4) is 0 Å². The molecule has 2 N–H and O–H groups in total. The van der Waals surface area contributed by atoms with Crippen molar-refractivity contribution in [3.05, 3.63) is 35.4 Å². The predicted molar refractivity (Wildman–Crippen MR) is 72.4 cm³/mol. The van der Waals surface area contributed by atoms with Crippen molar-refractivity contribution in [3.8, 4) is 0 Å². The molecule has 0 aliphatic heterocycles. The van der Waals surface area contributed by atoms with Crippen LogP contribution in [0.5, 0.6) is 0 Å². The summed E-state index contributed by atoms with van der Waals surface area (Å²) in [5.74, 6) is -1.08. The van der Waals surface area contributed by atoms with Crippen LogP contribution in [0.1, 0.15) is 59.2 Å². The molecule has 1 amide bonds. The largest absolute Gasteiger partial charge is 0.478 e. The molecule has 0 unspecified atom stereocenters. The number of nitrogens with one attached hydrogen (secondary N) is 1. The van der Waals surface area contributed by atoms with E-state index in [4.69, 9.17) is 5.11 Å². The van der Waals surface area contributed by atoms with E-state index in [0.29, 0.717) is 5.56 Å². The van der Waals surface area contributed by atoms with Crippen LogP contribution < -0.4 is 5.32 Å². The average Bonchev–Trinajstić information content (AvgIpc) is 2.67. The van der Waals surface area contributed by atoms with E-state index in [2.05, 4.69) is 5.32 Å². The molecule has 102 valence electrons. The van der Waals surface area contributed by atoms with Crippen molar-refractivity contribution < 1.29 is 14.7 Å². The first-order chi connectivity index (χ1) is 9.16. The molecular formula is C15H19NO3. The lowest BCUT2D eigenvalue weighted by molar-refractivity contribution is 0.0696. The monoisotopic (exact) mass is 261 g/mol. The first-order valence-electron chi connectivity index (χ1n) is 6.81. The quantitative estimate of drug-likeness (QED) is 0.822. The number of carboxylic acids is 1. The van der Waals surface area contributed by atoms with Crippen LogP contribution in [0.4, 0.5) is 0 Å². The third kappa shape index (κ3) is 3.81. The highest BCUT2D eigenvalue weighted by molar-refractivity contribution is 5.96. The molecule has 0 atom stereocenters. The van der Waals surface area contributed by atoms with E-state index in [0.717, 1.165) is 12.8 Å². The number of carbonyl (C=O) groups excluding carboxylic acids is 1. The molecule has 1 aromatic carbocycles. The summed E-state index contributed by atoms with van der Waals surface area (Å²) in [4.78, 5) is 22.8. The molecule has 0 radical (unpaired) electrons. The smallest absolute Gasteiger partial charge is 0.335 e. The molecule has 0 spiro atoms. The molecule has 0 aromatic heterocycles. The third-order valence-corrected chi connectivity index (χ3v) is 3.58. The Morgan fingerprint density at radius 1 is 0.947 bits per heavy atom. The van der Waals surface area contributed by atoms with E-state index in [9.17, 15) is 9.59 Å². The average molecular weight is 261 g/mol.